The summed E-state index contributed by atoms with van der Waals surface area (Å²) in [4.78, 5) is 12.0. The molecule has 2 rings (SSSR count). The van der Waals surface area contributed by atoms with Gasteiger partial charge in [0.25, 0.3) is 0 Å². The Bertz CT molecular complexity index is 707. The lowest BCUT2D eigenvalue weighted by Gasteiger charge is -2.11. The number of carbonyl (C=O) groups excluding carboxylic acids is 1. The Kier molecular flexibility index (Phi) is 6.01. The minimum Gasteiger partial charge on any atom is -0.492 e. The third-order valence-electron chi connectivity index (χ3n) is 3.13. The molecule has 0 saturated heterocycles. The summed E-state index contributed by atoms with van der Waals surface area (Å²) < 4.78 is 5.48. The van der Waals surface area contributed by atoms with Gasteiger partial charge in [-0.2, -0.15) is 5.26 Å². The van der Waals surface area contributed by atoms with Gasteiger partial charge in [0.05, 0.1) is 23.9 Å². The highest BCUT2D eigenvalue weighted by atomic mass is 16.5. The molecule has 2 N–H and O–H groups in total. The van der Waals surface area contributed by atoms with E-state index in [0.29, 0.717) is 36.6 Å². The molecule has 0 saturated carbocycles. The molecule has 1 amide bonds. The summed E-state index contributed by atoms with van der Waals surface area (Å²) in [6, 6.07) is 16.6. The summed E-state index contributed by atoms with van der Waals surface area (Å²) in [7, 11) is 0. The van der Waals surface area contributed by atoms with Gasteiger partial charge in [0.1, 0.15) is 5.75 Å². The van der Waals surface area contributed by atoms with Gasteiger partial charge in [0.2, 0.25) is 5.91 Å². The van der Waals surface area contributed by atoms with E-state index in [1.165, 1.54) is 0 Å². The van der Waals surface area contributed by atoms with Crippen molar-refractivity contribution in [1.29, 1.82) is 5.26 Å². The van der Waals surface area contributed by atoms with Crippen LogP contribution in [0.1, 0.15) is 18.9 Å². The first-order valence-electron chi connectivity index (χ1n) is 7.48. The smallest absolute Gasteiger partial charge is 0.226 e. The lowest BCUT2D eigenvalue weighted by Crippen LogP contribution is -2.16. The molecule has 0 radical (unpaired) electrons. The summed E-state index contributed by atoms with van der Waals surface area (Å²) >= 11 is 0. The van der Waals surface area contributed by atoms with E-state index in [1.807, 2.05) is 37.3 Å². The summed E-state index contributed by atoms with van der Waals surface area (Å²) in [5, 5.41) is 14.8. The zero-order chi connectivity index (χ0) is 16.5. The first-order chi connectivity index (χ1) is 11.2. The van der Waals surface area contributed by atoms with Gasteiger partial charge in [0, 0.05) is 18.7 Å². The Balaban J connectivity index is 1.85. The third-order valence-corrected chi connectivity index (χ3v) is 3.13. The average molecular weight is 309 g/mol. The van der Waals surface area contributed by atoms with Crippen molar-refractivity contribution in [1.82, 2.24) is 0 Å². The van der Waals surface area contributed by atoms with E-state index in [1.54, 1.807) is 18.2 Å². The minimum atomic E-state index is -0.0962. The van der Waals surface area contributed by atoms with Gasteiger partial charge in [-0.1, -0.05) is 18.2 Å². The SMILES string of the molecule is CCOc1ccccc1NC(=O)CCNc1cccc(C#N)c1. The van der Waals surface area contributed by atoms with E-state index in [2.05, 4.69) is 16.7 Å². The zero-order valence-corrected chi connectivity index (χ0v) is 13.0. The van der Waals surface area contributed by atoms with Crippen LogP contribution >= 0.6 is 0 Å². The molecule has 118 valence electrons. The van der Waals surface area contributed by atoms with Crippen molar-refractivity contribution in [3.63, 3.8) is 0 Å². The largest absolute Gasteiger partial charge is 0.492 e. The number of hydrogen-bond acceptors (Lipinski definition) is 4. The number of amides is 1. The molecule has 0 aliphatic carbocycles. The third kappa shape index (κ3) is 5.04. The van der Waals surface area contributed by atoms with Gasteiger partial charge in [-0.15, -0.1) is 0 Å². The molecule has 0 bridgehead atoms. The summed E-state index contributed by atoms with van der Waals surface area (Å²) in [6.45, 7) is 2.93. The van der Waals surface area contributed by atoms with Crippen LogP contribution in [0, 0.1) is 11.3 Å². The van der Waals surface area contributed by atoms with Crippen LogP contribution in [-0.2, 0) is 4.79 Å². The summed E-state index contributed by atoms with van der Waals surface area (Å²) in [5.74, 6) is 0.569. The second-order valence-electron chi connectivity index (χ2n) is 4.85. The monoisotopic (exact) mass is 309 g/mol. The standard InChI is InChI=1S/C18H19N3O2/c1-2-23-17-9-4-3-8-16(17)21-18(22)10-11-20-15-7-5-6-14(12-15)13-19/h3-9,12,20H,2,10-11H2,1H3,(H,21,22). The molecule has 0 aliphatic heterocycles. The number of rotatable bonds is 7. The predicted molar refractivity (Wildman–Crippen MR) is 90.5 cm³/mol. The number of nitriles is 1. The van der Waals surface area contributed by atoms with Crippen LogP contribution in [0.2, 0.25) is 0 Å². The maximum atomic E-state index is 12.0. The van der Waals surface area contributed by atoms with Crippen LogP contribution in [0.5, 0.6) is 5.75 Å². The second-order valence-corrected chi connectivity index (χ2v) is 4.85. The number of anilines is 2. The number of hydrogen-bond donors (Lipinski definition) is 2. The quantitative estimate of drug-likeness (QED) is 0.822. The lowest BCUT2D eigenvalue weighted by molar-refractivity contribution is -0.116. The first kappa shape index (κ1) is 16.4. The van der Waals surface area contributed by atoms with E-state index in [0.717, 1.165) is 5.69 Å². The molecular weight excluding hydrogens is 290 g/mol. The summed E-state index contributed by atoms with van der Waals surface area (Å²) in [5.41, 5.74) is 2.09. The van der Waals surface area contributed by atoms with Crippen molar-refractivity contribution in [3.8, 4) is 11.8 Å². The van der Waals surface area contributed by atoms with Crippen LogP contribution in [0.4, 0.5) is 11.4 Å². The topological polar surface area (TPSA) is 74.2 Å². The maximum absolute atomic E-state index is 12.0. The Morgan fingerprint density at radius 1 is 1.22 bits per heavy atom. The Labute approximate surface area is 135 Å². The Morgan fingerprint density at radius 2 is 2.04 bits per heavy atom. The van der Waals surface area contributed by atoms with Crippen molar-refractivity contribution in [3.05, 3.63) is 54.1 Å². The maximum Gasteiger partial charge on any atom is 0.226 e. The lowest BCUT2D eigenvalue weighted by atomic mass is 10.2. The number of benzene rings is 2. The molecule has 0 spiro atoms. The molecule has 2 aromatic rings. The van der Waals surface area contributed by atoms with E-state index >= 15 is 0 Å². The highest BCUT2D eigenvalue weighted by Gasteiger charge is 2.07. The molecule has 0 fully saturated rings. The fraction of sp³-hybridized carbons (Fsp3) is 0.222. The highest BCUT2D eigenvalue weighted by Crippen LogP contribution is 2.23. The van der Waals surface area contributed by atoms with E-state index in [9.17, 15) is 4.79 Å². The van der Waals surface area contributed by atoms with Crippen LogP contribution in [0.25, 0.3) is 0 Å². The Hall–Kier alpha value is -3.00. The van der Waals surface area contributed by atoms with Crippen LogP contribution in [-0.4, -0.2) is 19.1 Å². The van der Waals surface area contributed by atoms with Gasteiger partial charge in [-0.25, -0.2) is 0 Å². The molecule has 0 heterocycles. The molecule has 2 aromatic carbocycles. The number of nitrogens with zero attached hydrogens (tertiary/aromatic N) is 1. The normalized spacial score (nSPS) is 9.74. The number of nitrogens with one attached hydrogen (secondary N) is 2. The zero-order valence-electron chi connectivity index (χ0n) is 13.0. The van der Waals surface area contributed by atoms with Crippen molar-refractivity contribution in [2.24, 2.45) is 0 Å². The molecule has 0 atom stereocenters. The number of ether oxygens (including phenoxy) is 1. The molecule has 5 nitrogen and oxygen atoms in total. The van der Waals surface area contributed by atoms with Gasteiger partial charge < -0.3 is 15.4 Å². The summed E-state index contributed by atoms with van der Waals surface area (Å²) in [6.07, 6.45) is 0.317. The van der Waals surface area contributed by atoms with E-state index < -0.39 is 0 Å². The van der Waals surface area contributed by atoms with E-state index in [-0.39, 0.29) is 5.91 Å². The van der Waals surface area contributed by atoms with Crippen molar-refractivity contribution >= 4 is 17.3 Å². The number of para-hydroxylation sites is 2. The molecule has 0 unspecified atom stereocenters. The fourth-order valence-corrected chi connectivity index (χ4v) is 2.08. The van der Waals surface area contributed by atoms with Gasteiger partial charge in [-0.3, -0.25) is 4.79 Å². The minimum absolute atomic E-state index is 0.0962. The van der Waals surface area contributed by atoms with Crippen LogP contribution in [0.15, 0.2) is 48.5 Å². The van der Waals surface area contributed by atoms with Crippen molar-refractivity contribution < 1.29 is 9.53 Å². The van der Waals surface area contributed by atoms with E-state index in [4.69, 9.17) is 10.00 Å². The number of carbonyl (C=O) groups is 1. The Morgan fingerprint density at radius 3 is 2.83 bits per heavy atom. The fourth-order valence-electron chi connectivity index (χ4n) is 2.08. The first-order valence-corrected chi connectivity index (χ1v) is 7.48. The molecular formula is C18H19N3O2. The molecule has 0 aromatic heterocycles. The average Bonchev–Trinajstić information content (AvgIpc) is 2.57. The van der Waals surface area contributed by atoms with Gasteiger partial charge in [0.15, 0.2) is 0 Å². The van der Waals surface area contributed by atoms with Crippen molar-refractivity contribution in [2.75, 3.05) is 23.8 Å². The second kappa shape index (κ2) is 8.44. The van der Waals surface area contributed by atoms with Crippen LogP contribution < -0.4 is 15.4 Å². The van der Waals surface area contributed by atoms with Crippen LogP contribution in [0.3, 0.4) is 0 Å². The van der Waals surface area contributed by atoms with Gasteiger partial charge in [-0.05, 0) is 37.3 Å². The highest BCUT2D eigenvalue weighted by molar-refractivity contribution is 5.92. The molecule has 5 heteroatoms. The predicted octanol–water partition coefficient (Wildman–Crippen LogP) is 3.40. The van der Waals surface area contributed by atoms with Crippen molar-refractivity contribution in [2.45, 2.75) is 13.3 Å². The van der Waals surface area contributed by atoms with Gasteiger partial charge >= 0.3 is 0 Å². The molecule has 0 aliphatic rings. The molecule has 23 heavy (non-hydrogen) atoms.